The van der Waals surface area contributed by atoms with Gasteiger partial charge in [0.1, 0.15) is 0 Å². The summed E-state index contributed by atoms with van der Waals surface area (Å²) < 4.78 is 48.7. The largest absolute Gasteiger partial charge is 0.383 e. The van der Waals surface area contributed by atoms with E-state index in [0.717, 1.165) is 6.54 Å². The van der Waals surface area contributed by atoms with E-state index in [0.29, 0.717) is 18.9 Å². The van der Waals surface area contributed by atoms with Gasteiger partial charge in [-0.2, -0.15) is 8.78 Å². The molecular weight excluding hydrogens is 252 g/mol. The van der Waals surface area contributed by atoms with E-state index in [9.17, 15) is 22.4 Å². The topological polar surface area (TPSA) is 32.3 Å². The Kier molecular flexibility index (Phi) is 7.20. The minimum Gasteiger partial charge on any atom is -0.351 e. The lowest BCUT2D eigenvalue weighted by Crippen LogP contribution is -2.45. The van der Waals surface area contributed by atoms with Crippen molar-refractivity contribution in [3.8, 4) is 0 Å². The second kappa shape index (κ2) is 7.56. The van der Waals surface area contributed by atoms with E-state index < -0.39 is 18.3 Å². The SMILES string of the molecule is CC(C)N(C)CCCCNC(=O)C(F)(F)C(F)F. The zero-order valence-electron chi connectivity index (χ0n) is 10.9. The summed E-state index contributed by atoms with van der Waals surface area (Å²) in [5, 5.41) is 1.82. The van der Waals surface area contributed by atoms with Crippen LogP contribution in [0.5, 0.6) is 0 Å². The lowest BCUT2D eigenvalue weighted by molar-refractivity contribution is -0.169. The third-order valence-electron chi connectivity index (χ3n) is 2.68. The summed E-state index contributed by atoms with van der Waals surface area (Å²) in [5.74, 6) is -6.51. The number of amides is 1. The van der Waals surface area contributed by atoms with Gasteiger partial charge in [0.05, 0.1) is 0 Å². The number of nitrogens with one attached hydrogen (secondary N) is 1. The first-order chi connectivity index (χ1) is 8.19. The molecule has 0 aromatic heterocycles. The van der Waals surface area contributed by atoms with Crippen LogP contribution in [-0.2, 0) is 4.79 Å². The highest BCUT2D eigenvalue weighted by atomic mass is 19.3. The maximum Gasteiger partial charge on any atom is 0.383 e. The molecule has 0 atom stereocenters. The number of hydrogen-bond donors (Lipinski definition) is 1. The van der Waals surface area contributed by atoms with Crippen LogP contribution >= 0.6 is 0 Å². The molecule has 0 aromatic carbocycles. The van der Waals surface area contributed by atoms with Crippen LogP contribution in [0.2, 0.25) is 0 Å². The van der Waals surface area contributed by atoms with Crippen LogP contribution in [0.3, 0.4) is 0 Å². The molecule has 0 fully saturated rings. The van der Waals surface area contributed by atoms with Gasteiger partial charge in [-0.05, 0) is 40.3 Å². The fraction of sp³-hybridized carbons (Fsp3) is 0.909. The van der Waals surface area contributed by atoms with Crippen molar-refractivity contribution in [2.75, 3.05) is 20.1 Å². The third-order valence-corrected chi connectivity index (χ3v) is 2.68. The van der Waals surface area contributed by atoms with Crippen molar-refractivity contribution < 1.29 is 22.4 Å². The van der Waals surface area contributed by atoms with Crippen LogP contribution in [0.1, 0.15) is 26.7 Å². The maximum absolute atomic E-state index is 12.5. The Labute approximate surface area is 105 Å². The predicted octanol–water partition coefficient (Wildman–Crippen LogP) is 2.12. The van der Waals surface area contributed by atoms with Crippen molar-refractivity contribution in [3.63, 3.8) is 0 Å². The van der Waals surface area contributed by atoms with E-state index in [1.807, 2.05) is 26.2 Å². The average Bonchev–Trinajstić information content (AvgIpc) is 2.27. The van der Waals surface area contributed by atoms with Gasteiger partial charge in [0, 0.05) is 12.6 Å². The molecule has 0 spiro atoms. The lowest BCUT2D eigenvalue weighted by Gasteiger charge is -2.20. The van der Waals surface area contributed by atoms with Gasteiger partial charge in [-0.1, -0.05) is 0 Å². The predicted molar refractivity (Wildman–Crippen MR) is 61.0 cm³/mol. The van der Waals surface area contributed by atoms with E-state index >= 15 is 0 Å². The lowest BCUT2D eigenvalue weighted by atomic mass is 10.2. The van der Waals surface area contributed by atoms with Crippen LogP contribution in [0.15, 0.2) is 0 Å². The number of nitrogens with zero attached hydrogens (tertiary/aromatic N) is 1. The normalized spacial score (nSPS) is 12.6. The summed E-state index contributed by atoms with van der Waals surface area (Å²) in [6.45, 7) is 4.78. The zero-order chi connectivity index (χ0) is 14.3. The van der Waals surface area contributed by atoms with Crippen molar-refractivity contribution in [2.24, 2.45) is 0 Å². The summed E-state index contributed by atoms with van der Waals surface area (Å²) in [5.41, 5.74) is 0. The number of unbranched alkanes of at least 4 members (excludes halogenated alkanes) is 1. The average molecular weight is 272 g/mol. The van der Waals surface area contributed by atoms with E-state index in [1.54, 1.807) is 0 Å². The Morgan fingerprint density at radius 3 is 2.28 bits per heavy atom. The number of alkyl halides is 4. The van der Waals surface area contributed by atoms with Crippen LogP contribution in [-0.4, -0.2) is 49.3 Å². The quantitative estimate of drug-likeness (QED) is 0.542. The monoisotopic (exact) mass is 272 g/mol. The molecule has 0 aliphatic heterocycles. The van der Waals surface area contributed by atoms with E-state index in [2.05, 4.69) is 4.90 Å². The van der Waals surface area contributed by atoms with Crippen LogP contribution < -0.4 is 5.32 Å². The molecule has 0 aliphatic rings. The molecule has 0 saturated heterocycles. The maximum atomic E-state index is 12.5. The summed E-state index contributed by atoms with van der Waals surface area (Å²) in [6, 6.07) is 0.378. The van der Waals surface area contributed by atoms with Crippen molar-refractivity contribution in [1.29, 1.82) is 0 Å². The molecule has 0 unspecified atom stereocenters. The first-order valence-electron chi connectivity index (χ1n) is 5.84. The molecule has 1 N–H and O–H groups in total. The Morgan fingerprint density at radius 2 is 1.83 bits per heavy atom. The molecule has 7 heteroatoms. The Balaban J connectivity index is 3.77. The Hall–Kier alpha value is -0.850. The number of carbonyl (C=O) groups is 1. The van der Waals surface area contributed by atoms with Crippen molar-refractivity contribution >= 4 is 5.91 Å². The van der Waals surface area contributed by atoms with E-state index in [4.69, 9.17) is 0 Å². The zero-order valence-corrected chi connectivity index (χ0v) is 10.9. The fourth-order valence-corrected chi connectivity index (χ4v) is 1.16. The minimum atomic E-state index is -4.60. The second-order valence-electron chi connectivity index (χ2n) is 4.46. The van der Waals surface area contributed by atoms with Crippen LogP contribution in [0.4, 0.5) is 17.6 Å². The highest BCUT2D eigenvalue weighted by Gasteiger charge is 2.48. The molecule has 0 aromatic rings. The van der Waals surface area contributed by atoms with Crippen LogP contribution in [0, 0.1) is 0 Å². The minimum absolute atomic E-state index is 0.0208. The number of rotatable bonds is 8. The number of halogens is 4. The van der Waals surface area contributed by atoms with Gasteiger partial charge in [-0.3, -0.25) is 4.79 Å². The van der Waals surface area contributed by atoms with Gasteiger partial charge >= 0.3 is 12.3 Å². The number of carbonyl (C=O) groups excluding carboxylic acids is 1. The van der Waals surface area contributed by atoms with E-state index in [-0.39, 0.29) is 6.54 Å². The second-order valence-corrected chi connectivity index (χ2v) is 4.46. The molecule has 18 heavy (non-hydrogen) atoms. The van der Waals surface area contributed by atoms with Gasteiger partial charge in [-0.15, -0.1) is 0 Å². The van der Waals surface area contributed by atoms with Gasteiger partial charge in [0.25, 0.3) is 5.91 Å². The molecule has 0 bridgehead atoms. The summed E-state index contributed by atoms with van der Waals surface area (Å²) in [6.07, 6.45) is -2.79. The summed E-state index contributed by atoms with van der Waals surface area (Å²) in [4.78, 5) is 12.8. The van der Waals surface area contributed by atoms with Crippen molar-refractivity contribution in [3.05, 3.63) is 0 Å². The van der Waals surface area contributed by atoms with Gasteiger partial charge in [0.2, 0.25) is 0 Å². The van der Waals surface area contributed by atoms with Gasteiger partial charge in [-0.25, -0.2) is 8.78 Å². The van der Waals surface area contributed by atoms with Crippen LogP contribution in [0.25, 0.3) is 0 Å². The standard InChI is InChI=1S/C11H20F4N2O/c1-8(2)17(3)7-5-4-6-16-10(18)11(14,15)9(12)13/h8-9H,4-7H2,1-3H3,(H,16,18). The summed E-state index contributed by atoms with van der Waals surface area (Å²) in [7, 11) is 1.92. The molecular formula is C11H20F4N2O. The molecule has 0 rings (SSSR count). The highest BCUT2D eigenvalue weighted by molar-refractivity contribution is 5.83. The molecule has 0 aliphatic carbocycles. The first-order valence-corrected chi connectivity index (χ1v) is 5.84. The molecule has 0 heterocycles. The Morgan fingerprint density at radius 1 is 1.28 bits per heavy atom. The van der Waals surface area contributed by atoms with Gasteiger partial charge < -0.3 is 10.2 Å². The van der Waals surface area contributed by atoms with Crippen molar-refractivity contribution in [1.82, 2.24) is 10.2 Å². The van der Waals surface area contributed by atoms with E-state index in [1.165, 1.54) is 0 Å². The molecule has 108 valence electrons. The summed E-state index contributed by atoms with van der Waals surface area (Å²) >= 11 is 0. The molecule has 3 nitrogen and oxygen atoms in total. The Bertz CT molecular complexity index is 259. The van der Waals surface area contributed by atoms with Gasteiger partial charge in [0.15, 0.2) is 0 Å². The third kappa shape index (κ3) is 5.66. The molecule has 1 amide bonds. The fourth-order valence-electron chi connectivity index (χ4n) is 1.16. The molecule has 0 radical (unpaired) electrons. The number of hydrogen-bond acceptors (Lipinski definition) is 2. The highest BCUT2D eigenvalue weighted by Crippen LogP contribution is 2.22. The van der Waals surface area contributed by atoms with Crippen molar-refractivity contribution in [2.45, 2.75) is 45.1 Å². The first kappa shape index (κ1) is 17.2. The smallest absolute Gasteiger partial charge is 0.351 e. The molecule has 0 saturated carbocycles.